The summed E-state index contributed by atoms with van der Waals surface area (Å²) in [6, 6.07) is 0. The average molecular weight is 877 g/mol. The van der Waals surface area contributed by atoms with Gasteiger partial charge in [0.1, 0.15) is 13.2 Å². The molecule has 1 unspecified atom stereocenters. The van der Waals surface area contributed by atoms with Gasteiger partial charge in [0.2, 0.25) is 0 Å². The lowest BCUT2D eigenvalue weighted by molar-refractivity contribution is -0.167. The number of esters is 3. The molecule has 0 rings (SSSR count). The monoisotopic (exact) mass is 877 g/mol. The second kappa shape index (κ2) is 50.4. The van der Waals surface area contributed by atoms with E-state index in [4.69, 9.17) is 14.2 Å². The Labute approximate surface area is 387 Å². The highest BCUT2D eigenvalue weighted by Gasteiger charge is 2.19. The molecule has 0 fully saturated rings. The average Bonchev–Trinajstić information content (AvgIpc) is 3.27. The maximum absolute atomic E-state index is 12.8. The largest absolute Gasteiger partial charge is 0.462 e. The van der Waals surface area contributed by atoms with Crippen LogP contribution in [0.15, 0.2) is 0 Å². The number of carbonyl (C=O) groups excluding carboxylic acids is 3. The van der Waals surface area contributed by atoms with Gasteiger partial charge in [-0.25, -0.2) is 0 Å². The molecule has 0 aliphatic heterocycles. The molecule has 0 spiro atoms. The van der Waals surface area contributed by atoms with Crippen LogP contribution in [-0.4, -0.2) is 37.2 Å². The van der Waals surface area contributed by atoms with Gasteiger partial charge in [0, 0.05) is 19.3 Å². The van der Waals surface area contributed by atoms with E-state index in [2.05, 4.69) is 27.7 Å². The molecule has 0 radical (unpaired) electrons. The van der Waals surface area contributed by atoms with Gasteiger partial charge in [-0.2, -0.15) is 0 Å². The van der Waals surface area contributed by atoms with Crippen molar-refractivity contribution in [1.82, 2.24) is 0 Å². The van der Waals surface area contributed by atoms with E-state index in [-0.39, 0.29) is 31.1 Å². The fourth-order valence-corrected chi connectivity index (χ4v) is 8.54. The molecular weight excluding hydrogens is 769 g/mol. The van der Waals surface area contributed by atoms with Crippen LogP contribution < -0.4 is 0 Å². The van der Waals surface area contributed by atoms with Crippen molar-refractivity contribution in [3.8, 4) is 0 Å². The van der Waals surface area contributed by atoms with Crippen molar-refractivity contribution in [3.05, 3.63) is 0 Å². The SMILES string of the molecule is CCCCCCCCCCCCCCCCCCCCCC(=O)OC[C@H](COC(=O)CCCCCCCCCCCCCCCCC)OC(=O)CCCCCCCCC(C)CC. The van der Waals surface area contributed by atoms with E-state index >= 15 is 0 Å². The van der Waals surface area contributed by atoms with Crippen LogP contribution in [-0.2, 0) is 28.6 Å². The number of unbranched alkanes of at least 4 members (excludes halogenated alkanes) is 37. The zero-order valence-corrected chi connectivity index (χ0v) is 42.3. The first-order valence-corrected chi connectivity index (χ1v) is 27.9. The number of hydrogen-bond acceptors (Lipinski definition) is 6. The third-order valence-electron chi connectivity index (χ3n) is 13.2. The van der Waals surface area contributed by atoms with Crippen molar-refractivity contribution in [3.63, 3.8) is 0 Å². The van der Waals surface area contributed by atoms with Crippen LogP contribution in [0.5, 0.6) is 0 Å². The highest BCUT2D eigenvalue weighted by atomic mass is 16.6. The molecule has 368 valence electrons. The Morgan fingerprint density at radius 2 is 0.565 bits per heavy atom. The molecule has 0 N–H and O–H groups in total. The van der Waals surface area contributed by atoms with Crippen LogP contribution in [0.1, 0.15) is 317 Å². The Bertz CT molecular complexity index is 935. The summed E-state index contributed by atoms with van der Waals surface area (Å²) in [5.74, 6) is -0.0336. The molecule has 0 bridgehead atoms. The van der Waals surface area contributed by atoms with Crippen LogP contribution in [0.25, 0.3) is 0 Å². The van der Waals surface area contributed by atoms with Gasteiger partial charge in [0.05, 0.1) is 0 Å². The smallest absolute Gasteiger partial charge is 0.306 e. The standard InChI is InChI=1S/C56H108O6/c1-5-8-10-12-14-16-18-20-22-23-24-25-27-29-31-33-35-40-44-48-55(58)61-51-53(62-56(59)49-45-41-37-36-38-42-46-52(4)7-3)50-60-54(57)47-43-39-34-32-30-28-26-21-19-17-15-13-11-9-6-2/h52-53H,5-51H2,1-4H3/t52?,53-/m0/s1. The molecule has 0 aromatic rings. The summed E-state index contributed by atoms with van der Waals surface area (Å²) in [4.78, 5) is 38.0. The maximum atomic E-state index is 12.8. The van der Waals surface area contributed by atoms with Crippen LogP contribution in [0.2, 0.25) is 0 Å². The zero-order chi connectivity index (χ0) is 45.2. The molecule has 0 aromatic heterocycles. The van der Waals surface area contributed by atoms with Crippen LogP contribution in [0.4, 0.5) is 0 Å². The van der Waals surface area contributed by atoms with Gasteiger partial charge >= 0.3 is 17.9 Å². The molecule has 6 heteroatoms. The molecule has 0 aliphatic carbocycles. The van der Waals surface area contributed by atoms with Gasteiger partial charge in [-0.05, 0) is 25.2 Å². The fraction of sp³-hybridized carbons (Fsp3) is 0.946. The van der Waals surface area contributed by atoms with Crippen LogP contribution >= 0.6 is 0 Å². The zero-order valence-electron chi connectivity index (χ0n) is 42.3. The first kappa shape index (κ1) is 60.4. The number of hydrogen-bond donors (Lipinski definition) is 0. The van der Waals surface area contributed by atoms with Crippen LogP contribution in [0, 0.1) is 5.92 Å². The summed E-state index contributed by atoms with van der Waals surface area (Å²) < 4.78 is 16.8. The molecular formula is C56H108O6. The van der Waals surface area contributed by atoms with E-state index in [9.17, 15) is 14.4 Å². The summed E-state index contributed by atoms with van der Waals surface area (Å²) in [5, 5.41) is 0. The fourth-order valence-electron chi connectivity index (χ4n) is 8.54. The Hall–Kier alpha value is -1.59. The van der Waals surface area contributed by atoms with E-state index in [0.717, 1.165) is 63.7 Å². The van der Waals surface area contributed by atoms with Crippen molar-refractivity contribution in [2.45, 2.75) is 323 Å². The predicted molar refractivity (Wildman–Crippen MR) is 266 cm³/mol. The van der Waals surface area contributed by atoms with Crippen molar-refractivity contribution >= 4 is 17.9 Å². The summed E-state index contributed by atoms with van der Waals surface area (Å²) in [7, 11) is 0. The van der Waals surface area contributed by atoms with E-state index in [0.29, 0.717) is 19.3 Å². The first-order valence-electron chi connectivity index (χ1n) is 27.9. The Morgan fingerprint density at radius 3 is 0.839 bits per heavy atom. The predicted octanol–water partition coefficient (Wildman–Crippen LogP) is 18.2. The van der Waals surface area contributed by atoms with Gasteiger partial charge in [-0.3, -0.25) is 14.4 Å². The van der Waals surface area contributed by atoms with E-state index in [1.54, 1.807) is 0 Å². The molecule has 0 heterocycles. The second-order valence-electron chi connectivity index (χ2n) is 19.5. The number of rotatable bonds is 51. The van der Waals surface area contributed by atoms with Crippen molar-refractivity contribution in [2.75, 3.05) is 13.2 Å². The Kier molecular flexibility index (Phi) is 49.1. The van der Waals surface area contributed by atoms with Crippen molar-refractivity contribution in [2.24, 2.45) is 5.92 Å². The lowest BCUT2D eigenvalue weighted by Gasteiger charge is -2.18. The van der Waals surface area contributed by atoms with Gasteiger partial charge in [-0.1, -0.05) is 278 Å². The van der Waals surface area contributed by atoms with Crippen molar-refractivity contribution in [1.29, 1.82) is 0 Å². The summed E-state index contributed by atoms with van der Waals surface area (Å²) in [6.45, 7) is 9.02. The topological polar surface area (TPSA) is 78.9 Å². The van der Waals surface area contributed by atoms with E-state index in [1.165, 1.54) is 212 Å². The minimum absolute atomic E-state index is 0.0634. The first-order chi connectivity index (χ1) is 30.4. The molecule has 62 heavy (non-hydrogen) atoms. The van der Waals surface area contributed by atoms with Gasteiger partial charge in [-0.15, -0.1) is 0 Å². The minimum atomic E-state index is -0.762. The number of carbonyl (C=O) groups is 3. The lowest BCUT2D eigenvalue weighted by Crippen LogP contribution is -2.30. The van der Waals surface area contributed by atoms with Gasteiger partial charge in [0.15, 0.2) is 6.10 Å². The maximum Gasteiger partial charge on any atom is 0.306 e. The molecule has 2 atom stereocenters. The van der Waals surface area contributed by atoms with E-state index < -0.39 is 6.10 Å². The van der Waals surface area contributed by atoms with Crippen molar-refractivity contribution < 1.29 is 28.6 Å². The second-order valence-corrected chi connectivity index (χ2v) is 19.5. The van der Waals surface area contributed by atoms with E-state index in [1.807, 2.05) is 0 Å². The Morgan fingerprint density at radius 1 is 0.323 bits per heavy atom. The molecule has 0 saturated carbocycles. The third-order valence-corrected chi connectivity index (χ3v) is 13.2. The van der Waals surface area contributed by atoms with Gasteiger partial charge < -0.3 is 14.2 Å². The highest BCUT2D eigenvalue weighted by molar-refractivity contribution is 5.71. The summed E-state index contributed by atoms with van der Waals surface area (Å²) >= 11 is 0. The minimum Gasteiger partial charge on any atom is -0.462 e. The normalized spacial score (nSPS) is 12.4. The molecule has 0 amide bonds. The summed E-state index contributed by atoms with van der Waals surface area (Å²) in [5.41, 5.74) is 0. The summed E-state index contributed by atoms with van der Waals surface area (Å²) in [6.07, 6.45) is 53.8. The molecule has 0 saturated heterocycles. The quantitative estimate of drug-likeness (QED) is 0.0344. The third kappa shape index (κ3) is 47.9. The molecule has 0 aromatic carbocycles. The lowest BCUT2D eigenvalue weighted by atomic mass is 10.00. The van der Waals surface area contributed by atoms with Crippen LogP contribution in [0.3, 0.4) is 0 Å². The Balaban J connectivity index is 4.22. The molecule has 0 aliphatic rings. The number of ether oxygens (including phenoxy) is 3. The van der Waals surface area contributed by atoms with Gasteiger partial charge in [0.25, 0.3) is 0 Å². The molecule has 6 nitrogen and oxygen atoms in total. The highest BCUT2D eigenvalue weighted by Crippen LogP contribution is 2.18.